The Kier molecular flexibility index (Phi) is 7.73. The van der Waals surface area contributed by atoms with Gasteiger partial charge in [-0.05, 0) is 73.6 Å². The van der Waals surface area contributed by atoms with Crippen molar-refractivity contribution in [1.29, 1.82) is 0 Å². The Hall–Kier alpha value is -4.37. The predicted molar refractivity (Wildman–Crippen MR) is 160 cm³/mol. The summed E-state index contributed by atoms with van der Waals surface area (Å²) in [6.45, 7) is 2.35. The van der Waals surface area contributed by atoms with Crippen molar-refractivity contribution in [1.82, 2.24) is 9.88 Å². The molecule has 212 valence electrons. The van der Waals surface area contributed by atoms with E-state index < -0.39 is 26.0 Å². The van der Waals surface area contributed by atoms with Gasteiger partial charge in [-0.3, -0.25) is 9.59 Å². The number of carbonyl (C=O) groups is 1. The number of hydrogen-bond acceptors (Lipinski definition) is 6. The van der Waals surface area contributed by atoms with Crippen LogP contribution in [0.15, 0.2) is 93.4 Å². The first kappa shape index (κ1) is 28.2. The van der Waals surface area contributed by atoms with E-state index in [0.717, 1.165) is 18.5 Å². The van der Waals surface area contributed by atoms with Crippen LogP contribution in [-0.4, -0.2) is 50.0 Å². The van der Waals surface area contributed by atoms with E-state index in [9.17, 15) is 23.1 Å². The Morgan fingerprint density at radius 3 is 2.20 bits per heavy atom. The van der Waals surface area contributed by atoms with Crippen LogP contribution in [-0.2, 0) is 16.3 Å². The number of rotatable bonds is 9. The number of aromatic nitrogens is 1. The van der Waals surface area contributed by atoms with E-state index in [4.69, 9.17) is 0 Å². The highest BCUT2D eigenvalue weighted by Crippen LogP contribution is 2.43. The number of sulfone groups is 1. The summed E-state index contributed by atoms with van der Waals surface area (Å²) in [7, 11) is -1.08. The summed E-state index contributed by atoms with van der Waals surface area (Å²) >= 11 is 0. The number of aromatic amines is 1. The monoisotopic (exact) mass is 571 g/mol. The highest BCUT2D eigenvalue weighted by molar-refractivity contribution is 7.91. The molecule has 4 aromatic rings. The van der Waals surface area contributed by atoms with Gasteiger partial charge < -0.3 is 19.9 Å². The van der Waals surface area contributed by atoms with Gasteiger partial charge in [0.05, 0.1) is 4.90 Å². The highest BCUT2D eigenvalue weighted by Gasteiger charge is 2.33. The van der Waals surface area contributed by atoms with Crippen LogP contribution in [0.2, 0.25) is 0 Å². The second-order valence-electron chi connectivity index (χ2n) is 10.5. The maximum Gasteiger partial charge on any atom is 0.271 e. The number of carbonyl (C=O) groups excluding carboxylic acids is 1. The van der Waals surface area contributed by atoms with E-state index in [1.54, 1.807) is 50.5 Å². The molecule has 1 fully saturated rings. The molecule has 1 saturated carbocycles. The Labute approximate surface area is 239 Å². The van der Waals surface area contributed by atoms with Gasteiger partial charge in [-0.15, -0.1) is 0 Å². The number of anilines is 2. The molecule has 1 aromatic heterocycles. The van der Waals surface area contributed by atoms with Crippen molar-refractivity contribution in [3.63, 3.8) is 0 Å². The third kappa shape index (κ3) is 5.50. The molecule has 5 rings (SSSR count). The number of para-hydroxylation sites is 1. The van der Waals surface area contributed by atoms with Crippen LogP contribution in [0.25, 0.3) is 11.1 Å². The molecule has 3 aromatic carbocycles. The van der Waals surface area contributed by atoms with Gasteiger partial charge in [0.1, 0.15) is 5.69 Å². The fourth-order valence-electron chi connectivity index (χ4n) is 5.08. The summed E-state index contributed by atoms with van der Waals surface area (Å²) in [6, 6.07) is 22.5. The maximum atomic E-state index is 13.9. The fraction of sp³-hybridized carbons (Fsp3) is 0.250. The zero-order valence-corrected chi connectivity index (χ0v) is 24.1. The molecule has 0 unspecified atom stereocenters. The van der Waals surface area contributed by atoms with Crippen molar-refractivity contribution in [2.24, 2.45) is 5.92 Å². The Morgan fingerprint density at radius 2 is 1.59 bits per heavy atom. The van der Waals surface area contributed by atoms with Crippen LogP contribution >= 0.6 is 0 Å². The third-order valence-corrected chi connectivity index (χ3v) is 9.16. The van der Waals surface area contributed by atoms with E-state index in [0.29, 0.717) is 47.0 Å². The van der Waals surface area contributed by atoms with Crippen LogP contribution in [0, 0.1) is 5.92 Å². The van der Waals surface area contributed by atoms with E-state index >= 15 is 0 Å². The van der Waals surface area contributed by atoms with Crippen molar-refractivity contribution in [3.8, 4) is 16.9 Å². The Bertz CT molecular complexity index is 1740. The van der Waals surface area contributed by atoms with Crippen molar-refractivity contribution >= 4 is 27.1 Å². The molecule has 1 aliphatic carbocycles. The maximum absolute atomic E-state index is 13.9. The molecular weight excluding hydrogens is 538 g/mol. The number of nitrogens with one attached hydrogen (secondary N) is 1. The van der Waals surface area contributed by atoms with Gasteiger partial charge in [0, 0.05) is 37.6 Å². The van der Waals surface area contributed by atoms with Crippen molar-refractivity contribution in [3.05, 3.63) is 100 Å². The number of nitrogens with zero attached hydrogens (tertiary/aromatic N) is 2. The summed E-state index contributed by atoms with van der Waals surface area (Å²) in [5.41, 5.74) is 2.54. The zero-order valence-electron chi connectivity index (χ0n) is 23.3. The average Bonchev–Trinajstić information content (AvgIpc) is 3.79. The molecule has 41 heavy (non-hydrogen) atoms. The molecule has 9 heteroatoms. The summed E-state index contributed by atoms with van der Waals surface area (Å²) < 4.78 is 27.7. The molecule has 0 spiro atoms. The van der Waals surface area contributed by atoms with Crippen LogP contribution < -0.4 is 10.5 Å². The minimum absolute atomic E-state index is 0.137. The van der Waals surface area contributed by atoms with Crippen molar-refractivity contribution in [2.75, 3.05) is 25.5 Å². The molecule has 1 heterocycles. The standard InChI is InChI=1S/C32H33N3O5S/c1-4-35(23-10-6-5-7-11-23)28-27(20-21-14-15-21)33-31(37)30(29(28)36)41(39,40)24-18-16-22(17-19-24)25-12-8-9-13-26(25)32(38)34(2)3/h5-13,16-19,21H,4,14-15,20H2,1-3H3,(H2,33,36,37). The molecule has 0 atom stereocenters. The number of benzene rings is 3. The smallest absolute Gasteiger partial charge is 0.271 e. The third-order valence-electron chi connectivity index (χ3n) is 7.35. The van der Waals surface area contributed by atoms with E-state index in [1.807, 2.05) is 42.2 Å². The summed E-state index contributed by atoms with van der Waals surface area (Å²) in [5, 5.41) is 11.5. The molecule has 2 N–H and O–H groups in total. The average molecular weight is 572 g/mol. The summed E-state index contributed by atoms with van der Waals surface area (Å²) in [5.74, 6) is -0.344. The molecule has 0 aliphatic heterocycles. The SMILES string of the molecule is CCN(c1ccccc1)c1c(CC2CC2)[nH]c(=O)c(S(=O)(=O)c2ccc(-c3ccccc3C(=O)N(C)C)cc2)c1O. The molecule has 1 amide bonds. The molecule has 0 saturated heterocycles. The topological polar surface area (TPSA) is 111 Å². The minimum Gasteiger partial charge on any atom is -0.504 e. The van der Waals surface area contributed by atoms with Crippen LogP contribution in [0.5, 0.6) is 5.75 Å². The Morgan fingerprint density at radius 1 is 0.951 bits per heavy atom. The number of aromatic hydroxyl groups is 1. The zero-order chi connectivity index (χ0) is 29.3. The van der Waals surface area contributed by atoms with Crippen molar-refractivity contribution < 1.29 is 18.3 Å². The Balaban J connectivity index is 1.60. The van der Waals surface area contributed by atoms with Crippen LogP contribution in [0.3, 0.4) is 0 Å². The molecule has 1 aliphatic rings. The number of H-pyrrole nitrogens is 1. The van der Waals surface area contributed by atoms with Gasteiger partial charge in [-0.1, -0.05) is 48.5 Å². The van der Waals surface area contributed by atoms with E-state index in [2.05, 4.69) is 4.98 Å². The van der Waals surface area contributed by atoms with Gasteiger partial charge in [0.15, 0.2) is 10.6 Å². The first-order chi connectivity index (χ1) is 19.6. The second-order valence-corrected chi connectivity index (χ2v) is 12.3. The lowest BCUT2D eigenvalue weighted by Gasteiger charge is -2.27. The normalized spacial score (nSPS) is 13.1. The highest BCUT2D eigenvalue weighted by atomic mass is 32.2. The van der Waals surface area contributed by atoms with E-state index in [-0.39, 0.29) is 10.8 Å². The molecule has 0 radical (unpaired) electrons. The van der Waals surface area contributed by atoms with Crippen LogP contribution in [0.4, 0.5) is 11.4 Å². The van der Waals surface area contributed by atoms with Gasteiger partial charge >= 0.3 is 0 Å². The van der Waals surface area contributed by atoms with Gasteiger partial charge in [-0.2, -0.15) is 0 Å². The largest absolute Gasteiger partial charge is 0.504 e. The van der Waals surface area contributed by atoms with E-state index in [1.165, 1.54) is 17.0 Å². The molecule has 8 nitrogen and oxygen atoms in total. The lowest BCUT2D eigenvalue weighted by molar-refractivity contribution is 0.0828. The second kappa shape index (κ2) is 11.2. The quantitative estimate of drug-likeness (QED) is 0.279. The minimum atomic E-state index is -4.41. The lowest BCUT2D eigenvalue weighted by Crippen LogP contribution is -2.25. The number of pyridine rings is 1. The number of hydrogen-bond donors (Lipinski definition) is 2. The number of amides is 1. The lowest BCUT2D eigenvalue weighted by atomic mass is 9.99. The first-order valence-electron chi connectivity index (χ1n) is 13.6. The van der Waals surface area contributed by atoms with Gasteiger partial charge in [0.25, 0.3) is 11.5 Å². The fourth-order valence-corrected chi connectivity index (χ4v) is 6.46. The summed E-state index contributed by atoms with van der Waals surface area (Å²) in [6.07, 6.45) is 2.59. The van der Waals surface area contributed by atoms with Gasteiger partial charge in [-0.25, -0.2) is 8.42 Å². The molecule has 0 bridgehead atoms. The summed E-state index contributed by atoms with van der Waals surface area (Å²) in [4.78, 5) is 31.3. The van der Waals surface area contributed by atoms with Crippen LogP contribution in [0.1, 0.15) is 35.8 Å². The van der Waals surface area contributed by atoms with Crippen molar-refractivity contribution in [2.45, 2.75) is 36.0 Å². The molecular formula is C32H33N3O5S. The predicted octanol–water partition coefficient (Wildman–Crippen LogP) is 5.39. The first-order valence-corrected chi connectivity index (χ1v) is 15.1. The van der Waals surface area contributed by atoms with Gasteiger partial charge in [0.2, 0.25) is 9.84 Å².